The zero-order valence-electron chi connectivity index (χ0n) is 14.3. The van der Waals surface area contributed by atoms with Gasteiger partial charge in [-0.05, 0) is 49.4 Å². The van der Waals surface area contributed by atoms with Crippen molar-refractivity contribution in [1.82, 2.24) is 9.55 Å². The molecule has 1 aromatic heterocycles. The van der Waals surface area contributed by atoms with Gasteiger partial charge in [0.2, 0.25) is 0 Å². The van der Waals surface area contributed by atoms with Gasteiger partial charge in [0.05, 0.1) is 30.4 Å². The third-order valence-electron chi connectivity index (χ3n) is 3.77. The van der Waals surface area contributed by atoms with E-state index >= 15 is 0 Å². The number of ether oxygens (including phenoxy) is 2. The third-order valence-corrected chi connectivity index (χ3v) is 4.26. The van der Waals surface area contributed by atoms with Crippen molar-refractivity contribution < 1.29 is 14.6 Å². The first-order valence-corrected chi connectivity index (χ1v) is 9.04. The fraction of sp³-hybridized carbons (Fsp3) is 0.263. The van der Waals surface area contributed by atoms with E-state index in [1.165, 1.54) is 10.9 Å². The molecule has 1 heterocycles. The Labute approximate surface area is 159 Å². The molecule has 3 rings (SSSR count). The van der Waals surface area contributed by atoms with Gasteiger partial charge < -0.3 is 14.6 Å². The average Bonchev–Trinajstić information content (AvgIpc) is 2.64. The van der Waals surface area contributed by atoms with Crippen molar-refractivity contribution in [3.05, 3.63) is 63.6 Å². The molecular formula is C19H19BrN2O4. The Morgan fingerprint density at radius 1 is 1.15 bits per heavy atom. The first-order valence-electron chi connectivity index (χ1n) is 8.25. The van der Waals surface area contributed by atoms with Crippen LogP contribution in [-0.4, -0.2) is 34.0 Å². The van der Waals surface area contributed by atoms with Crippen molar-refractivity contribution in [2.45, 2.75) is 19.6 Å². The fourth-order valence-electron chi connectivity index (χ4n) is 2.53. The minimum atomic E-state index is -0.842. The van der Waals surface area contributed by atoms with Crippen LogP contribution in [0.5, 0.6) is 11.5 Å². The van der Waals surface area contributed by atoms with Crippen molar-refractivity contribution in [1.29, 1.82) is 0 Å². The highest BCUT2D eigenvalue weighted by molar-refractivity contribution is 9.10. The van der Waals surface area contributed by atoms with Crippen molar-refractivity contribution >= 4 is 26.8 Å². The molecule has 0 bridgehead atoms. The molecule has 0 radical (unpaired) electrons. The second-order valence-electron chi connectivity index (χ2n) is 5.73. The summed E-state index contributed by atoms with van der Waals surface area (Å²) in [7, 11) is 0. The number of halogens is 1. The topological polar surface area (TPSA) is 73.6 Å². The maximum absolute atomic E-state index is 12.5. The summed E-state index contributed by atoms with van der Waals surface area (Å²) in [5, 5.41) is 10.7. The number of aliphatic hydroxyl groups is 1. The molecule has 6 nitrogen and oxygen atoms in total. The first kappa shape index (κ1) is 18.4. The summed E-state index contributed by atoms with van der Waals surface area (Å²) < 4.78 is 13.1. The van der Waals surface area contributed by atoms with E-state index in [-0.39, 0.29) is 18.7 Å². The van der Waals surface area contributed by atoms with Crippen LogP contribution in [0.2, 0.25) is 0 Å². The van der Waals surface area contributed by atoms with E-state index in [1.54, 1.807) is 36.4 Å². The molecule has 0 saturated carbocycles. The van der Waals surface area contributed by atoms with E-state index < -0.39 is 6.10 Å². The zero-order chi connectivity index (χ0) is 18.5. The van der Waals surface area contributed by atoms with Crippen LogP contribution < -0.4 is 15.0 Å². The molecule has 0 aliphatic carbocycles. The van der Waals surface area contributed by atoms with Gasteiger partial charge >= 0.3 is 0 Å². The molecular weight excluding hydrogens is 400 g/mol. The molecule has 3 aromatic rings. The smallest absolute Gasteiger partial charge is 0.261 e. The molecule has 26 heavy (non-hydrogen) atoms. The Hall–Kier alpha value is -2.38. The van der Waals surface area contributed by atoms with Crippen LogP contribution in [0.3, 0.4) is 0 Å². The number of aliphatic hydroxyl groups excluding tert-OH is 1. The number of rotatable bonds is 7. The maximum Gasteiger partial charge on any atom is 0.261 e. The lowest BCUT2D eigenvalue weighted by molar-refractivity contribution is 0.0914. The summed E-state index contributed by atoms with van der Waals surface area (Å²) in [6.07, 6.45) is 0.601. The van der Waals surface area contributed by atoms with Gasteiger partial charge in [0.15, 0.2) is 0 Å². The molecule has 1 N–H and O–H groups in total. The molecule has 0 amide bonds. The minimum absolute atomic E-state index is 0.0664. The fourth-order valence-corrected chi connectivity index (χ4v) is 2.89. The van der Waals surface area contributed by atoms with Gasteiger partial charge in [-0.2, -0.15) is 0 Å². The number of hydrogen-bond donors (Lipinski definition) is 1. The van der Waals surface area contributed by atoms with Crippen molar-refractivity contribution in [2.24, 2.45) is 0 Å². The molecule has 0 aliphatic heterocycles. The van der Waals surface area contributed by atoms with Gasteiger partial charge in [-0.25, -0.2) is 4.98 Å². The normalized spacial score (nSPS) is 12.1. The lowest BCUT2D eigenvalue weighted by Crippen LogP contribution is -2.30. The second kappa shape index (κ2) is 8.33. The molecule has 136 valence electrons. The predicted molar refractivity (Wildman–Crippen MR) is 103 cm³/mol. The molecule has 0 fully saturated rings. The van der Waals surface area contributed by atoms with Crippen LogP contribution in [0.25, 0.3) is 10.9 Å². The van der Waals surface area contributed by atoms with E-state index in [4.69, 9.17) is 9.47 Å². The summed E-state index contributed by atoms with van der Waals surface area (Å²) in [6.45, 7) is 2.69. The van der Waals surface area contributed by atoms with Crippen molar-refractivity contribution in [3.63, 3.8) is 0 Å². The third kappa shape index (κ3) is 4.42. The largest absolute Gasteiger partial charge is 0.494 e. The van der Waals surface area contributed by atoms with Gasteiger partial charge in [0.25, 0.3) is 5.56 Å². The van der Waals surface area contributed by atoms with Crippen LogP contribution in [0.15, 0.2) is 58.1 Å². The molecule has 0 spiro atoms. The summed E-state index contributed by atoms with van der Waals surface area (Å²) in [6, 6.07) is 12.5. The Morgan fingerprint density at radius 3 is 2.54 bits per heavy atom. The van der Waals surface area contributed by atoms with E-state index in [0.29, 0.717) is 23.3 Å². The van der Waals surface area contributed by atoms with E-state index in [2.05, 4.69) is 20.9 Å². The monoisotopic (exact) mass is 418 g/mol. The number of aromatic nitrogens is 2. The lowest BCUT2D eigenvalue weighted by Gasteiger charge is -2.14. The lowest BCUT2D eigenvalue weighted by atomic mass is 10.2. The van der Waals surface area contributed by atoms with Crippen molar-refractivity contribution in [2.75, 3.05) is 13.2 Å². The highest BCUT2D eigenvalue weighted by Crippen LogP contribution is 2.18. The molecule has 1 atom stereocenters. The van der Waals surface area contributed by atoms with Gasteiger partial charge in [-0.3, -0.25) is 9.36 Å². The Kier molecular flexibility index (Phi) is 5.90. The number of benzene rings is 2. The highest BCUT2D eigenvalue weighted by Gasteiger charge is 2.11. The van der Waals surface area contributed by atoms with Gasteiger partial charge in [0.1, 0.15) is 24.2 Å². The van der Waals surface area contributed by atoms with Gasteiger partial charge in [-0.1, -0.05) is 15.9 Å². The maximum atomic E-state index is 12.5. The standard InChI is InChI=1S/C19H19BrN2O4/c1-2-25-15-4-6-16(7-5-15)26-11-14(23)10-22-12-21-18-8-3-13(20)9-17(18)19(22)24/h3-9,12,14,23H,2,10-11H2,1H3/t14-/m1/s1. The number of fused-ring (bicyclic) bond motifs is 1. The van der Waals surface area contributed by atoms with E-state index in [0.717, 1.165) is 10.2 Å². The second-order valence-corrected chi connectivity index (χ2v) is 6.65. The Balaban J connectivity index is 1.64. The summed E-state index contributed by atoms with van der Waals surface area (Å²) in [5.74, 6) is 1.39. The molecule has 7 heteroatoms. The summed E-state index contributed by atoms with van der Waals surface area (Å²) >= 11 is 3.35. The van der Waals surface area contributed by atoms with Crippen LogP contribution in [0.1, 0.15) is 6.92 Å². The average molecular weight is 419 g/mol. The Bertz CT molecular complexity index is 940. The number of nitrogens with zero attached hydrogens (tertiary/aromatic N) is 2. The van der Waals surface area contributed by atoms with Gasteiger partial charge in [-0.15, -0.1) is 0 Å². The van der Waals surface area contributed by atoms with Crippen LogP contribution >= 0.6 is 15.9 Å². The van der Waals surface area contributed by atoms with E-state index in [1.807, 2.05) is 13.0 Å². The molecule has 0 unspecified atom stereocenters. The summed E-state index contributed by atoms with van der Waals surface area (Å²) in [4.78, 5) is 16.8. The number of hydrogen-bond acceptors (Lipinski definition) is 5. The van der Waals surface area contributed by atoms with Gasteiger partial charge in [0, 0.05) is 4.47 Å². The first-order chi connectivity index (χ1) is 12.6. The Morgan fingerprint density at radius 2 is 1.85 bits per heavy atom. The predicted octanol–water partition coefficient (Wildman–Crippen LogP) is 3.00. The quantitative estimate of drug-likeness (QED) is 0.638. The minimum Gasteiger partial charge on any atom is -0.494 e. The summed E-state index contributed by atoms with van der Waals surface area (Å²) in [5.41, 5.74) is 0.422. The molecule has 0 saturated heterocycles. The molecule has 0 aliphatic rings. The SMILES string of the molecule is CCOc1ccc(OC[C@H](O)Cn2cnc3ccc(Br)cc3c2=O)cc1. The van der Waals surface area contributed by atoms with Crippen molar-refractivity contribution in [3.8, 4) is 11.5 Å². The zero-order valence-corrected chi connectivity index (χ0v) is 15.8. The van der Waals surface area contributed by atoms with Crippen LogP contribution in [0, 0.1) is 0 Å². The molecule has 2 aromatic carbocycles. The van der Waals surface area contributed by atoms with Crippen LogP contribution in [0.4, 0.5) is 0 Å². The van der Waals surface area contributed by atoms with E-state index in [9.17, 15) is 9.90 Å². The highest BCUT2D eigenvalue weighted by atomic mass is 79.9. The van der Waals surface area contributed by atoms with Crippen LogP contribution in [-0.2, 0) is 6.54 Å².